The Bertz CT molecular complexity index is 1250. The minimum Gasteiger partial charge on any atom is -0.376 e. The van der Waals surface area contributed by atoms with Crippen LogP contribution in [0.4, 0.5) is 0 Å². The fourth-order valence-corrected chi connectivity index (χ4v) is 11.3. The van der Waals surface area contributed by atoms with Gasteiger partial charge in [-0.1, -0.05) is 97.4 Å². The number of rotatable bonds is 8. The summed E-state index contributed by atoms with van der Waals surface area (Å²) in [5.41, 5.74) is 1.87. The number of benzene rings is 2. The highest BCUT2D eigenvalue weighted by atomic mass is 79.9. The maximum absolute atomic E-state index is 15.0. The van der Waals surface area contributed by atoms with Crippen LogP contribution in [0.15, 0.2) is 60.7 Å². The van der Waals surface area contributed by atoms with Crippen LogP contribution in [0.5, 0.6) is 0 Å². The molecule has 214 valence electrons. The summed E-state index contributed by atoms with van der Waals surface area (Å²) in [6.45, 7) is 8.74. The van der Waals surface area contributed by atoms with Gasteiger partial charge in [-0.25, -0.2) is 0 Å². The number of ether oxygens (including phenoxy) is 3. The first-order valence-corrected chi connectivity index (χ1v) is 16.4. The number of carbonyl (C=O) groups is 1. The molecule has 2 aromatic carbocycles. The number of hydrogen-bond acceptors (Lipinski definition) is 4. The third-order valence-corrected chi connectivity index (χ3v) is 12.5. The first kappa shape index (κ1) is 27.3. The van der Waals surface area contributed by atoms with Gasteiger partial charge in [-0.05, 0) is 60.0 Å². The van der Waals surface area contributed by atoms with Crippen LogP contribution in [0.2, 0.25) is 0 Å². The third kappa shape index (κ3) is 3.90. The van der Waals surface area contributed by atoms with Gasteiger partial charge >= 0.3 is 0 Å². The molecular weight excluding hydrogens is 564 g/mol. The van der Waals surface area contributed by atoms with Gasteiger partial charge < -0.3 is 14.2 Å². The summed E-state index contributed by atoms with van der Waals surface area (Å²) in [4.78, 5) is 15.0. The molecule has 40 heavy (non-hydrogen) atoms. The average molecular weight is 608 g/mol. The second kappa shape index (κ2) is 9.76. The zero-order valence-electron chi connectivity index (χ0n) is 24.1. The third-order valence-electron chi connectivity index (χ3n) is 11.9. The minimum atomic E-state index is -0.386. The van der Waals surface area contributed by atoms with E-state index in [0.717, 1.165) is 32.1 Å². The number of hydrogen-bond donors (Lipinski definition) is 0. The molecule has 5 fully saturated rings. The van der Waals surface area contributed by atoms with Gasteiger partial charge in [0.2, 0.25) is 0 Å². The highest BCUT2D eigenvalue weighted by Gasteiger charge is 2.82. The molecule has 2 aromatic rings. The largest absolute Gasteiger partial charge is 0.376 e. The molecule has 1 spiro atoms. The van der Waals surface area contributed by atoms with Crippen molar-refractivity contribution < 1.29 is 19.0 Å². The molecule has 0 N–H and O–H groups in total. The second-order valence-corrected chi connectivity index (χ2v) is 15.1. The van der Waals surface area contributed by atoms with Crippen LogP contribution >= 0.6 is 15.9 Å². The molecule has 0 amide bonds. The molecule has 5 aliphatic rings. The van der Waals surface area contributed by atoms with E-state index in [2.05, 4.69) is 91.3 Å². The Morgan fingerprint density at radius 1 is 0.900 bits per heavy atom. The molecule has 2 bridgehead atoms. The molecule has 7 rings (SSSR count). The van der Waals surface area contributed by atoms with E-state index in [1.807, 2.05) is 6.07 Å². The van der Waals surface area contributed by atoms with Crippen molar-refractivity contribution in [1.82, 2.24) is 0 Å². The lowest BCUT2D eigenvalue weighted by Gasteiger charge is -2.68. The SMILES string of the molecule is CC1(C)CC[C@@H](OCc2ccccc2)[C@@]2(COCc3ccccc3)[C@@H]3CC[C@@]4(C)C[C@]3([C@H](CBr)C(=O)[C@H]12)[C@@H]1O[C@@H]14. The van der Waals surface area contributed by atoms with E-state index in [1.54, 1.807) is 0 Å². The Balaban J connectivity index is 1.33. The van der Waals surface area contributed by atoms with E-state index in [1.165, 1.54) is 11.1 Å². The van der Waals surface area contributed by atoms with Gasteiger partial charge in [0.25, 0.3) is 0 Å². The van der Waals surface area contributed by atoms with E-state index in [0.29, 0.717) is 43.0 Å². The van der Waals surface area contributed by atoms with E-state index in [4.69, 9.17) is 14.2 Å². The van der Waals surface area contributed by atoms with Crippen LogP contribution < -0.4 is 0 Å². The van der Waals surface area contributed by atoms with Crippen molar-refractivity contribution in [2.75, 3.05) is 11.9 Å². The fraction of sp³-hybridized carbons (Fsp3) is 0.629. The van der Waals surface area contributed by atoms with Crippen molar-refractivity contribution >= 4 is 21.7 Å². The van der Waals surface area contributed by atoms with Crippen molar-refractivity contribution in [3.8, 4) is 0 Å². The maximum Gasteiger partial charge on any atom is 0.141 e. The summed E-state index contributed by atoms with van der Waals surface area (Å²) in [6.07, 6.45) is 5.74. The second-order valence-electron chi connectivity index (χ2n) is 14.5. The van der Waals surface area contributed by atoms with Gasteiger partial charge in [0.05, 0.1) is 38.1 Å². The van der Waals surface area contributed by atoms with Gasteiger partial charge in [0.1, 0.15) is 5.78 Å². The van der Waals surface area contributed by atoms with Crippen molar-refractivity contribution in [2.45, 2.75) is 84.4 Å². The van der Waals surface area contributed by atoms with E-state index in [-0.39, 0.29) is 45.7 Å². The Morgan fingerprint density at radius 2 is 1.57 bits per heavy atom. The number of halogens is 1. The Hall–Kier alpha value is -1.53. The van der Waals surface area contributed by atoms with Crippen LogP contribution in [0.1, 0.15) is 64.0 Å². The summed E-state index contributed by atoms with van der Waals surface area (Å²) in [6, 6.07) is 20.9. The summed E-state index contributed by atoms with van der Waals surface area (Å²) in [5.74, 6) is 0.626. The zero-order valence-corrected chi connectivity index (χ0v) is 25.7. The number of carbonyl (C=O) groups excluding carboxylic acids is 1. The normalized spacial score (nSPS) is 42.5. The number of Topliss-reactive ketones (excluding diaryl/α,β-unsaturated/α-hetero) is 1. The first-order chi connectivity index (χ1) is 19.3. The van der Waals surface area contributed by atoms with Crippen LogP contribution in [0.3, 0.4) is 0 Å². The number of fused-ring (bicyclic) bond motifs is 5. The van der Waals surface area contributed by atoms with Gasteiger partial charge in [0.15, 0.2) is 0 Å². The van der Waals surface area contributed by atoms with Crippen molar-refractivity contribution in [3.63, 3.8) is 0 Å². The summed E-state index contributed by atoms with van der Waals surface area (Å²) < 4.78 is 20.3. The molecule has 5 heteroatoms. The van der Waals surface area contributed by atoms with Gasteiger partial charge in [-0.2, -0.15) is 0 Å². The lowest BCUT2D eigenvalue weighted by molar-refractivity contribution is -0.255. The molecule has 9 atom stereocenters. The first-order valence-electron chi connectivity index (χ1n) is 15.3. The van der Waals surface area contributed by atoms with E-state index >= 15 is 0 Å². The average Bonchev–Trinajstić information content (AvgIpc) is 3.73. The summed E-state index contributed by atoms with van der Waals surface area (Å²) in [5, 5.41) is 0.716. The quantitative estimate of drug-likeness (QED) is 0.232. The van der Waals surface area contributed by atoms with Gasteiger partial charge in [-0.15, -0.1) is 0 Å². The van der Waals surface area contributed by atoms with Crippen molar-refractivity contribution in [1.29, 1.82) is 0 Å². The topological polar surface area (TPSA) is 48.1 Å². The number of ketones is 1. The predicted octanol–water partition coefficient (Wildman–Crippen LogP) is 7.38. The van der Waals surface area contributed by atoms with Crippen LogP contribution in [-0.2, 0) is 32.2 Å². The van der Waals surface area contributed by atoms with Gasteiger partial charge in [0, 0.05) is 28.0 Å². The lowest BCUT2D eigenvalue weighted by atomic mass is 9.36. The Morgan fingerprint density at radius 3 is 2.25 bits per heavy atom. The Labute approximate surface area is 247 Å². The highest BCUT2D eigenvalue weighted by Crippen LogP contribution is 2.79. The summed E-state index contributed by atoms with van der Waals surface area (Å²) in [7, 11) is 0. The minimum absolute atomic E-state index is 0.0194. The van der Waals surface area contributed by atoms with Crippen LogP contribution in [0, 0.1) is 39.4 Å². The molecule has 0 radical (unpaired) electrons. The fourth-order valence-electron chi connectivity index (χ4n) is 10.4. The van der Waals surface area contributed by atoms with Crippen LogP contribution in [-0.4, -0.2) is 36.0 Å². The van der Waals surface area contributed by atoms with Crippen LogP contribution in [0.25, 0.3) is 0 Å². The molecule has 1 heterocycles. The maximum atomic E-state index is 15.0. The lowest BCUT2D eigenvalue weighted by Crippen LogP contribution is -2.72. The highest BCUT2D eigenvalue weighted by molar-refractivity contribution is 9.09. The monoisotopic (exact) mass is 606 g/mol. The molecule has 0 aromatic heterocycles. The predicted molar refractivity (Wildman–Crippen MR) is 159 cm³/mol. The molecule has 1 saturated heterocycles. The molecule has 0 unspecified atom stereocenters. The van der Waals surface area contributed by atoms with Crippen molar-refractivity contribution in [3.05, 3.63) is 71.8 Å². The van der Waals surface area contributed by atoms with E-state index < -0.39 is 0 Å². The summed E-state index contributed by atoms with van der Waals surface area (Å²) >= 11 is 3.86. The standard InChI is InChI=1S/C35H43BrO4/c1-32(2)16-15-27(39-20-24-12-8-5-9-13-24)35(22-38-19-23-10-6-4-7-11-23)26-14-17-33(3)21-34(26,31-30(33)40-31)25(18-36)28(37)29(32)35/h4-13,25-27,29-31H,14-22H2,1-3H3/t25-,26-,27-,29-,30+,31-,33+,34-,35-/m1/s1. The zero-order chi connectivity index (χ0) is 27.8. The van der Waals surface area contributed by atoms with E-state index in [9.17, 15) is 4.79 Å². The molecule has 1 aliphatic heterocycles. The molecule has 4 nitrogen and oxygen atoms in total. The molecule has 4 saturated carbocycles. The van der Waals surface area contributed by atoms with Crippen molar-refractivity contribution in [2.24, 2.45) is 39.4 Å². The molecule has 4 aliphatic carbocycles. The Kier molecular flexibility index (Phi) is 6.66. The molecular formula is C35H43BrO4. The number of epoxide rings is 1. The van der Waals surface area contributed by atoms with Gasteiger partial charge in [-0.3, -0.25) is 4.79 Å². The smallest absolute Gasteiger partial charge is 0.141 e. The number of alkyl halides is 1.